The van der Waals surface area contributed by atoms with Crippen molar-refractivity contribution in [1.29, 1.82) is 0 Å². The number of aromatic carboxylic acids is 1. The van der Waals surface area contributed by atoms with Gasteiger partial charge in [-0.05, 0) is 42.5 Å². The van der Waals surface area contributed by atoms with Crippen molar-refractivity contribution in [3.8, 4) is 17.0 Å². The van der Waals surface area contributed by atoms with E-state index >= 15 is 0 Å². The lowest BCUT2D eigenvalue weighted by Crippen LogP contribution is -2.01. The number of benzene rings is 2. The first-order chi connectivity index (χ1) is 11.0. The maximum atomic E-state index is 14.1. The number of hydrogen-bond acceptors (Lipinski definition) is 3. The fraction of sp³-hybridized carbons (Fsp3) is 0.0588. The van der Waals surface area contributed by atoms with Crippen LogP contribution in [0.25, 0.3) is 22.2 Å². The number of pyridine rings is 1. The molecular weight excluding hydrogens is 321 g/mol. The zero-order chi connectivity index (χ0) is 16.6. The molecule has 0 aliphatic rings. The van der Waals surface area contributed by atoms with Gasteiger partial charge in [0.25, 0.3) is 0 Å². The SMILES string of the molecule is COc1ccc(-c2cc(C(=O)O)c3cc(Cl)cc(F)c3n2)cc1. The minimum Gasteiger partial charge on any atom is -0.497 e. The first-order valence-electron chi connectivity index (χ1n) is 6.67. The molecule has 0 fully saturated rings. The van der Waals surface area contributed by atoms with Gasteiger partial charge in [0.15, 0.2) is 5.82 Å². The Morgan fingerprint density at radius 3 is 2.52 bits per heavy atom. The summed E-state index contributed by atoms with van der Waals surface area (Å²) < 4.78 is 19.2. The number of rotatable bonds is 3. The van der Waals surface area contributed by atoms with E-state index in [1.54, 1.807) is 31.4 Å². The van der Waals surface area contributed by atoms with Crippen LogP contribution in [-0.2, 0) is 0 Å². The minimum absolute atomic E-state index is 0.0277. The Kier molecular flexibility index (Phi) is 3.88. The zero-order valence-electron chi connectivity index (χ0n) is 12.0. The summed E-state index contributed by atoms with van der Waals surface area (Å²) in [6.45, 7) is 0. The van der Waals surface area contributed by atoms with E-state index in [9.17, 15) is 14.3 Å². The molecule has 0 saturated heterocycles. The molecule has 4 nitrogen and oxygen atoms in total. The molecule has 0 radical (unpaired) electrons. The van der Waals surface area contributed by atoms with Gasteiger partial charge in [-0.15, -0.1) is 0 Å². The van der Waals surface area contributed by atoms with Gasteiger partial charge in [-0.2, -0.15) is 0 Å². The number of methoxy groups -OCH3 is 1. The molecule has 0 spiro atoms. The van der Waals surface area contributed by atoms with E-state index in [1.165, 1.54) is 12.1 Å². The molecule has 0 aliphatic carbocycles. The molecule has 1 N–H and O–H groups in total. The predicted molar refractivity (Wildman–Crippen MR) is 85.7 cm³/mol. The third-order valence-electron chi connectivity index (χ3n) is 3.45. The standard InChI is InChI=1S/C17H11ClFNO3/c1-23-11-4-2-9(3-5-11)15-8-13(17(21)22)12-6-10(18)7-14(19)16(12)20-15/h2-8H,1H3,(H,21,22). The summed E-state index contributed by atoms with van der Waals surface area (Å²) >= 11 is 5.82. The van der Waals surface area contributed by atoms with Gasteiger partial charge in [0.1, 0.15) is 11.3 Å². The summed E-state index contributed by atoms with van der Waals surface area (Å²) in [6, 6.07) is 10.8. The van der Waals surface area contributed by atoms with E-state index in [0.29, 0.717) is 17.0 Å². The van der Waals surface area contributed by atoms with Crippen molar-refractivity contribution >= 4 is 28.5 Å². The lowest BCUT2D eigenvalue weighted by molar-refractivity contribution is 0.0699. The summed E-state index contributed by atoms with van der Waals surface area (Å²) in [5, 5.41) is 9.69. The molecule has 0 aliphatic heterocycles. The Balaban J connectivity index is 2.27. The van der Waals surface area contributed by atoms with Crippen molar-refractivity contribution in [3.63, 3.8) is 0 Å². The molecule has 3 rings (SSSR count). The van der Waals surface area contributed by atoms with Crippen LogP contribution in [0.1, 0.15) is 10.4 Å². The molecule has 0 saturated carbocycles. The summed E-state index contributed by atoms with van der Waals surface area (Å²) in [7, 11) is 1.55. The fourth-order valence-corrected chi connectivity index (χ4v) is 2.54. The summed E-state index contributed by atoms with van der Waals surface area (Å²) in [5.74, 6) is -1.18. The highest BCUT2D eigenvalue weighted by Gasteiger charge is 2.16. The quantitative estimate of drug-likeness (QED) is 0.772. The molecule has 116 valence electrons. The Morgan fingerprint density at radius 2 is 1.91 bits per heavy atom. The average molecular weight is 332 g/mol. The lowest BCUT2D eigenvalue weighted by Gasteiger charge is -2.09. The maximum Gasteiger partial charge on any atom is 0.336 e. The average Bonchev–Trinajstić information content (AvgIpc) is 2.54. The molecule has 0 atom stereocenters. The van der Waals surface area contributed by atoms with Gasteiger partial charge < -0.3 is 9.84 Å². The second-order valence-electron chi connectivity index (χ2n) is 4.87. The van der Waals surface area contributed by atoms with Crippen LogP contribution in [0, 0.1) is 5.82 Å². The lowest BCUT2D eigenvalue weighted by atomic mass is 10.0. The highest BCUT2D eigenvalue weighted by molar-refractivity contribution is 6.31. The monoisotopic (exact) mass is 331 g/mol. The van der Waals surface area contributed by atoms with E-state index < -0.39 is 11.8 Å². The number of nitrogens with zero attached hydrogens (tertiary/aromatic N) is 1. The first kappa shape index (κ1) is 15.2. The van der Waals surface area contributed by atoms with Crippen LogP contribution in [0.15, 0.2) is 42.5 Å². The number of carboxylic acids is 1. The smallest absolute Gasteiger partial charge is 0.336 e. The Morgan fingerprint density at radius 1 is 1.22 bits per heavy atom. The first-order valence-corrected chi connectivity index (χ1v) is 7.05. The number of carboxylic acid groups (broad SMARTS) is 1. The number of fused-ring (bicyclic) bond motifs is 1. The van der Waals surface area contributed by atoms with E-state index in [-0.39, 0.29) is 21.5 Å². The second kappa shape index (κ2) is 5.85. The van der Waals surface area contributed by atoms with Crippen LogP contribution in [0.5, 0.6) is 5.75 Å². The molecule has 2 aromatic carbocycles. The third-order valence-corrected chi connectivity index (χ3v) is 3.67. The molecule has 0 unspecified atom stereocenters. The van der Waals surface area contributed by atoms with Gasteiger partial charge >= 0.3 is 5.97 Å². The van der Waals surface area contributed by atoms with Crippen LogP contribution in [0.4, 0.5) is 4.39 Å². The van der Waals surface area contributed by atoms with Crippen LogP contribution in [0.2, 0.25) is 5.02 Å². The van der Waals surface area contributed by atoms with Gasteiger partial charge in [0.2, 0.25) is 0 Å². The van der Waals surface area contributed by atoms with Crippen molar-refractivity contribution in [3.05, 3.63) is 58.9 Å². The molecule has 6 heteroatoms. The van der Waals surface area contributed by atoms with Crippen molar-refractivity contribution in [2.24, 2.45) is 0 Å². The van der Waals surface area contributed by atoms with Crippen molar-refractivity contribution in [2.45, 2.75) is 0 Å². The minimum atomic E-state index is -1.17. The Hall–Kier alpha value is -2.66. The highest BCUT2D eigenvalue weighted by Crippen LogP contribution is 2.29. The molecule has 1 heterocycles. The fourth-order valence-electron chi connectivity index (χ4n) is 2.34. The van der Waals surface area contributed by atoms with Crippen LogP contribution < -0.4 is 4.74 Å². The van der Waals surface area contributed by atoms with Crippen molar-refractivity contribution in [1.82, 2.24) is 4.98 Å². The second-order valence-corrected chi connectivity index (χ2v) is 5.31. The van der Waals surface area contributed by atoms with E-state index in [4.69, 9.17) is 16.3 Å². The molecule has 0 bridgehead atoms. The van der Waals surface area contributed by atoms with Gasteiger partial charge in [-0.3, -0.25) is 0 Å². The van der Waals surface area contributed by atoms with Crippen LogP contribution >= 0.6 is 11.6 Å². The van der Waals surface area contributed by atoms with E-state index in [1.807, 2.05) is 0 Å². The molecule has 3 aromatic rings. The van der Waals surface area contributed by atoms with E-state index in [0.717, 1.165) is 6.07 Å². The molecule has 23 heavy (non-hydrogen) atoms. The van der Waals surface area contributed by atoms with Gasteiger partial charge in [-0.25, -0.2) is 14.2 Å². The van der Waals surface area contributed by atoms with Gasteiger partial charge in [-0.1, -0.05) is 11.6 Å². The molecular formula is C17H11ClFNO3. The Labute approximate surface area is 136 Å². The number of ether oxygens (including phenoxy) is 1. The number of halogens is 2. The number of carbonyl (C=O) groups is 1. The molecule has 1 aromatic heterocycles. The summed E-state index contributed by atoms with van der Waals surface area (Å²) in [4.78, 5) is 15.8. The van der Waals surface area contributed by atoms with Crippen LogP contribution in [0.3, 0.4) is 0 Å². The largest absolute Gasteiger partial charge is 0.497 e. The molecule has 0 amide bonds. The third kappa shape index (κ3) is 2.83. The summed E-state index contributed by atoms with van der Waals surface area (Å²) in [6.07, 6.45) is 0. The summed E-state index contributed by atoms with van der Waals surface area (Å²) in [5.41, 5.74) is 0.936. The van der Waals surface area contributed by atoms with E-state index in [2.05, 4.69) is 4.98 Å². The van der Waals surface area contributed by atoms with Crippen molar-refractivity contribution in [2.75, 3.05) is 7.11 Å². The number of hydrogen-bond donors (Lipinski definition) is 1. The number of aromatic nitrogens is 1. The zero-order valence-corrected chi connectivity index (χ0v) is 12.8. The maximum absolute atomic E-state index is 14.1. The van der Waals surface area contributed by atoms with Gasteiger partial charge in [0, 0.05) is 16.0 Å². The van der Waals surface area contributed by atoms with Crippen LogP contribution in [-0.4, -0.2) is 23.2 Å². The topological polar surface area (TPSA) is 59.4 Å². The highest BCUT2D eigenvalue weighted by atomic mass is 35.5. The predicted octanol–water partition coefficient (Wildman–Crippen LogP) is 4.40. The normalized spacial score (nSPS) is 10.7. The Bertz CT molecular complexity index is 910. The van der Waals surface area contributed by atoms with Crippen molar-refractivity contribution < 1.29 is 19.0 Å². The van der Waals surface area contributed by atoms with Gasteiger partial charge in [0.05, 0.1) is 18.4 Å².